The van der Waals surface area contributed by atoms with Gasteiger partial charge in [-0.2, -0.15) is 0 Å². The molecule has 67 heavy (non-hydrogen) atoms. The third-order valence-corrected chi connectivity index (χ3v) is 16.7. The lowest BCUT2D eigenvalue weighted by Gasteiger charge is -2.39. The lowest BCUT2D eigenvalue weighted by molar-refractivity contribution is -0.386. The van der Waals surface area contributed by atoms with Crippen LogP contribution in [0.4, 0.5) is 11.4 Å². The summed E-state index contributed by atoms with van der Waals surface area (Å²) in [5.41, 5.74) is 5.49. The Bertz CT molecular complexity index is 2950. The Morgan fingerprint density at radius 2 is 1.78 bits per heavy atom. The average Bonchev–Trinajstić information content (AvgIpc) is 3.77. The van der Waals surface area contributed by atoms with Crippen molar-refractivity contribution in [1.82, 2.24) is 24.5 Å². The van der Waals surface area contributed by atoms with E-state index >= 15 is 0 Å². The van der Waals surface area contributed by atoms with Gasteiger partial charge in [-0.15, -0.1) is 0 Å². The van der Waals surface area contributed by atoms with Crippen LogP contribution in [0.5, 0.6) is 17.2 Å². The molecule has 1 aliphatic carbocycles. The lowest BCUT2D eigenvalue weighted by atomic mass is 9.72. The largest absolute Gasteiger partial charge is 0.493 e. The number of aromatic amines is 1. The number of nitro benzene ring substituents is 1. The van der Waals surface area contributed by atoms with Crippen LogP contribution in [0.2, 0.25) is 5.02 Å². The molecule has 2 saturated heterocycles. The number of piperazine rings is 1. The van der Waals surface area contributed by atoms with Crippen LogP contribution in [-0.2, 0) is 26.3 Å². The molecule has 2 N–H and O–H groups in total. The summed E-state index contributed by atoms with van der Waals surface area (Å²) in [6.07, 6.45) is 7.31. The molecule has 0 saturated carbocycles. The van der Waals surface area contributed by atoms with Crippen molar-refractivity contribution in [1.29, 1.82) is 0 Å². The van der Waals surface area contributed by atoms with Gasteiger partial charge >= 0.3 is 0 Å². The monoisotopic (exact) mass is 971 g/mol. The number of nitrogens with zero attached hydrogens (tertiary/aromatic N) is 5. The van der Waals surface area contributed by atoms with E-state index < -0.39 is 41.3 Å². The van der Waals surface area contributed by atoms with Crippen LogP contribution < -0.4 is 19.1 Å². The number of amides is 1. The van der Waals surface area contributed by atoms with Gasteiger partial charge in [-0.1, -0.05) is 43.2 Å². The highest BCUT2D eigenvalue weighted by Gasteiger charge is 2.34. The Hall–Kier alpha value is -5.53. The van der Waals surface area contributed by atoms with Crippen LogP contribution >= 0.6 is 11.6 Å². The Balaban J connectivity index is 0.919. The maximum atomic E-state index is 14.1. The third kappa shape index (κ3) is 10.8. The van der Waals surface area contributed by atoms with Crippen molar-refractivity contribution >= 4 is 65.3 Å². The summed E-state index contributed by atoms with van der Waals surface area (Å²) in [6, 6.07) is 18.9. The number of allylic oxidation sites excluding steroid dienone is 1. The lowest BCUT2D eigenvalue weighted by Crippen LogP contribution is -2.47. The summed E-state index contributed by atoms with van der Waals surface area (Å²) >= 11 is 6.25. The number of anilines is 1. The van der Waals surface area contributed by atoms with Gasteiger partial charge in [0.25, 0.3) is 21.6 Å². The van der Waals surface area contributed by atoms with Crippen molar-refractivity contribution < 1.29 is 36.0 Å². The molecule has 2 aromatic heterocycles. The molecule has 3 aromatic carbocycles. The van der Waals surface area contributed by atoms with Crippen LogP contribution in [0.15, 0.2) is 89.6 Å². The first-order valence-corrected chi connectivity index (χ1v) is 26.3. The number of rotatable bonds is 13. The van der Waals surface area contributed by atoms with Crippen molar-refractivity contribution in [2.24, 2.45) is 11.3 Å². The normalized spacial score (nSPS) is 20.0. The minimum atomic E-state index is -4.67. The number of hydrogen-bond acceptors (Lipinski definition) is 13. The van der Waals surface area contributed by atoms with E-state index in [0.29, 0.717) is 50.5 Å². The zero-order valence-electron chi connectivity index (χ0n) is 37.5. The smallest absolute Gasteiger partial charge is 0.277 e. The molecular formula is C48H54ClN7O9S2. The van der Waals surface area contributed by atoms with Gasteiger partial charge in [-0.25, -0.2) is 26.5 Å². The number of ether oxygens (including phenoxy) is 2. The van der Waals surface area contributed by atoms with E-state index in [1.165, 1.54) is 35.0 Å². The minimum Gasteiger partial charge on any atom is -0.493 e. The summed E-state index contributed by atoms with van der Waals surface area (Å²) in [6.45, 7) is 10.2. The minimum absolute atomic E-state index is 0.0601. The summed E-state index contributed by atoms with van der Waals surface area (Å²) in [4.78, 5) is 39.5. The second-order valence-electron chi connectivity index (χ2n) is 18.8. The molecule has 5 aromatic rings. The number of nitro groups is 1. The summed E-state index contributed by atoms with van der Waals surface area (Å²) in [7, 11) is -7.70. The standard InChI is InChI=1S/C48H54ClN7O9S2/c1-48(2)12-9-35(42(28-48)33-3-5-36(49)6-4-33)30-54-15-17-55(18-16-54)37-7-8-40(45(25-37)65-38-24-34-10-13-50-46(34)51-29-38)47(57)52-67(62,63)39-26-43(56(58)59)41-23-32(31-64-44(41)27-39)11-14-53-19-21-66(60,61)22-20-53/h3-8,10,13,24-27,29,32H,9,11-12,14-23,28,30-31H2,1-2H3,(H,50,51)(H,52,57)/t32-/m0/s1. The van der Waals surface area contributed by atoms with Crippen molar-refractivity contribution in [3.05, 3.63) is 117 Å². The molecule has 0 spiro atoms. The predicted molar refractivity (Wildman–Crippen MR) is 257 cm³/mol. The first kappa shape index (κ1) is 46.6. The van der Waals surface area contributed by atoms with E-state index in [1.54, 1.807) is 24.4 Å². The number of pyridine rings is 1. The van der Waals surface area contributed by atoms with E-state index in [1.807, 2.05) is 18.2 Å². The summed E-state index contributed by atoms with van der Waals surface area (Å²) < 4.78 is 66.0. The Morgan fingerprint density at radius 3 is 2.52 bits per heavy atom. The molecule has 2 fully saturated rings. The molecule has 3 aliphatic heterocycles. The van der Waals surface area contributed by atoms with Gasteiger partial charge in [0.2, 0.25) is 0 Å². The molecule has 9 rings (SSSR count). The van der Waals surface area contributed by atoms with E-state index in [2.05, 4.69) is 55.4 Å². The van der Waals surface area contributed by atoms with Crippen molar-refractivity contribution in [3.63, 3.8) is 0 Å². The number of sulfonamides is 1. The Morgan fingerprint density at radius 1 is 1.01 bits per heavy atom. The molecule has 5 heterocycles. The van der Waals surface area contributed by atoms with Gasteiger partial charge in [0.15, 0.2) is 9.84 Å². The predicted octanol–water partition coefficient (Wildman–Crippen LogP) is 7.49. The fourth-order valence-corrected chi connectivity index (χ4v) is 12.0. The number of fused-ring (bicyclic) bond motifs is 2. The molecule has 4 aliphatic rings. The van der Waals surface area contributed by atoms with Crippen LogP contribution in [0.1, 0.15) is 61.0 Å². The van der Waals surface area contributed by atoms with Gasteiger partial charge in [-0.3, -0.25) is 19.8 Å². The van der Waals surface area contributed by atoms with E-state index in [-0.39, 0.29) is 58.5 Å². The zero-order chi connectivity index (χ0) is 47.1. The molecule has 1 amide bonds. The first-order chi connectivity index (χ1) is 32.0. The van der Waals surface area contributed by atoms with Crippen LogP contribution in [0.25, 0.3) is 16.6 Å². The molecule has 16 nitrogen and oxygen atoms in total. The zero-order valence-corrected chi connectivity index (χ0v) is 39.9. The van der Waals surface area contributed by atoms with Crippen molar-refractivity contribution in [3.8, 4) is 17.2 Å². The maximum Gasteiger partial charge on any atom is 0.277 e. The van der Waals surface area contributed by atoms with Gasteiger partial charge < -0.3 is 24.3 Å². The van der Waals surface area contributed by atoms with Gasteiger partial charge in [-0.05, 0) is 97.5 Å². The van der Waals surface area contributed by atoms with Gasteiger partial charge in [0.1, 0.15) is 22.9 Å². The molecule has 19 heteroatoms. The van der Waals surface area contributed by atoms with Crippen LogP contribution in [-0.4, -0.2) is 118 Å². The topological polar surface area (TPSA) is 197 Å². The number of hydrogen-bond donors (Lipinski definition) is 2. The Kier molecular flexibility index (Phi) is 13.1. The number of halogens is 1. The number of benzene rings is 3. The van der Waals surface area contributed by atoms with Crippen LogP contribution in [0.3, 0.4) is 0 Å². The van der Waals surface area contributed by atoms with Crippen molar-refractivity contribution in [2.75, 3.05) is 75.4 Å². The molecule has 354 valence electrons. The second kappa shape index (κ2) is 18.9. The SMILES string of the molecule is CC1(C)CCC(CN2CCN(c3ccc(C(=O)NS(=O)(=O)c4cc5c(c([N+](=O)[O-])c4)C[C@H](CCN4CCS(=O)(=O)CC4)CO5)c(Oc4cnc5[nH]ccc5c4)c3)CC2)=C(c2ccc(Cl)cc2)C1. The van der Waals surface area contributed by atoms with Crippen LogP contribution in [0, 0.1) is 21.4 Å². The number of carbonyl (C=O) groups excluding carboxylic acids is 1. The number of carbonyl (C=O) groups is 1. The second-order valence-corrected chi connectivity index (χ2v) is 23.3. The number of H-pyrrole nitrogens is 1. The fraction of sp³-hybridized carbons (Fsp3) is 0.417. The Labute approximate surface area is 395 Å². The highest BCUT2D eigenvalue weighted by atomic mass is 35.5. The molecule has 0 radical (unpaired) electrons. The number of aromatic nitrogens is 2. The highest BCUT2D eigenvalue weighted by molar-refractivity contribution is 7.91. The van der Waals surface area contributed by atoms with E-state index in [9.17, 15) is 31.7 Å². The molecule has 1 atom stereocenters. The van der Waals surface area contributed by atoms with Crippen molar-refractivity contribution in [2.45, 2.75) is 50.8 Å². The van der Waals surface area contributed by atoms with Gasteiger partial charge in [0.05, 0.1) is 45.3 Å². The number of sulfone groups is 1. The average molecular weight is 973 g/mol. The van der Waals surface area contributed by atoms with Gasteiger partial charge in [0, 0.05) is 86.3 Å². The van der Waals surface area contributed by atoms with E-state index in [4.69, 9.17) is 21.1 Å². The molecule has 0 unspecified atom stereocenters. The summed E-state index contributed by atoms with van der Waals surface area (Å²) in [5.74, 6) is -0.408. The maximum absolute atomic E-state index is 14.1. The molecule has 0 bridgehead atoms. The summed E-state index contributed by atoms with van der Waals surface area (Å²) in [5, 5.41) is 13.9. The third-order valence-electron chi connectivity index (χ3n) is 13.5. The molecular weight excluding hydrogens is 918 g/mol. The van der Waals surface area contributed by atoms with E-state index in [0.717, 1.165) is 61.1 Å². The highest BCUT2D eigenvalue weighted by Crippen LogP contribution is 2.44. The first-order valence-electron chi connectivity index (χ1n) is 22.6. The fourth-order valence-electron chi connectivity index (χ4n) is 9.55. The number of nitrogens with one attached hydrogen (secondary N) is 2. The quantitative estimate of drug-likeness (QED) is 0.0870.